The number of pyridine rings is 1. The van der Waals surface area contributed by atoms with Gasteiger partial charge in [-0.25, -0.2) is 9.78 Å². The molecule has 0 radical (unpaired) electrons. The van der Waals surface area contributed by atoms with Crippen LogP contribution in [-0.2, 0) is 0 Å². The molecule has 0 aliphatic heterocycles. The summed E-state index contributed by atoms with van der Waals surface area (Å²) >= 11 is 1.34. The van der Waals surface area contributed by atoms with Gasteiger partial charge < -0.3 is 9.84 Å². The van der Waals surface area contributed by atoms with Gasteiger partial charge in [-0.1, -0.05) is 0 Å². The third kappa shape index (κ3) is 3.41. The summed E-state index contributed by atoms with van der Waals surface area (Å²) in [6.07, 6.45) is -5.17. The first-order valence-corrected chi connectivity index (χ1v) is 5.03. The number of carboxylic acids is 1. The Kier molecular flexibility index (Phi) is 3.93. The van der Waals surface area contributed by atoms with Crippen LogP contribution in [0.15, 0.2) is 6.07 Å². The van der Waals surface area contributed by atoms with Gasteiger partial charge in [0.25, 0.3) is 0 Å². The van der Waals surface area contributed by atoms with Crippen molar-refractivity contribution in [2.75, 3.05) is 0 Å². The van der Waals surface area contributed by atoms with Crippen LogP contribution in [0.5, 0.6) is 5.75 Å². The maximum absolute atomic E-state index is 12.0. The lowest BCUT2D eigenvalue weighted by Crippen LogP contribution is -2.20. The molecule has 0 aliphatic carbocycles. The highest BCUT2D eigenvalue weighted by atomic mass is 127. The first kappa shape index (κ1) is 14.4. The predicted molar refractivity (Wildman–Crippen MR) is 57.3 cm³/mol. The van der Waals surface area contributed by atoms with Crippen molar-refractivity contribution in [1.29, 1.82) is 0 Å². The molecule has 0 bridgehead atoms. The molecule has 0 atom stereocenters. The van der Waals surface area contributed by atoms with E-state index in [1.165, 1.54) is 22.6 Å². The number of rotatable bonds is 3. The van der Waals surface area contributed by atoms with Gasteiger partial charge in [-0.15, -0.1) is 13.2 Å². The molecule has 98 valence electrons. The molecule has 18 heavy (non-hydrogen) atoms. The fourth-order valence-corrected chi connectivity index (χ4v) is 1.54. The second kappa shape index (κ2) is 4.91. The molecule has 0 fully saturated rings. The largest absolute Gasteiger partial charge is 0.573 e. The molecule has 1 aromatic heterocycles. The van der Waals surface area contributed by atoms with E-state index in [9.17, 15) is 28.1 Å². The van der Waals surface area contributed by atoms with Crippen LogP contribution in [0.1, 0.15) is 10.5 Å². The zero-order valence-corrected chi connectivity index (χ0v) is 10.2. The number of hydrogen-bond donors (Lipinski definition) is 1. The van der Waals surface area contributed by atoms with Crippen molar-refractivity contribution in [3.8, 4) is 5.75 Å². The minimum Gasteiger partial charge on any atom is -0.476 e. The fourth-order valence-electron chi connectivity index (χ4n) is 0.946. The Bertz CT molecular complexity index is 519. The van der Waals surface area contributed by atoms with E-state index in [-0.39, 0.29) is 3.70 Å². The number of ether oxygens (including phenoxy) is 1. The van der Waals surface area contributed by atoms with Crippen LogP contribution < -0.4 is 4.74 Å². The summed E-state index contributed by atoms with van der Waals surface area (Å²) in [4.78, 5) is 23.4. The predicted octanol–water partition coefficient (Wildman–Crippen LogP) is 2.19. The molecule has 1 N–H and O–H groups in total. The molecule has 1 heterocycles. The molecular formula is C7H2F3IN2O5. The van der Waals surface area contributed by atoms with E-state index in [1.54, 1.807) is 0 Å². The highest BCUT2D eigenvalue weighted by Gasteiger charge is 2.35. The summed E-state index contributed by atoms with van der Waals surface area (Å²) in [5, 5.41) is 19.1. The first-order valence-electron chi connectivity index (χ1n) is 3.96. The highest BCUT2D eigenvalue weighted by molar-refractivity contribution is 14.1. The zero-order valence-electron chi connectivity index (χ0n) is 8.06. The van der Waals surface area contributed by atoms with Gasteiger partial charge in [-0.05, 0) is 22.6 Å². The normalized spacial score (nSPS) is 11.1. The molecule has 0 saturated carbocycles. The Morgan fingerprint density at radius 1 is 1.56 bits per heavy atom. The van der Waals surface area contributed by atoms with E-state index < -0.39 is 34.4 Å². The Morgan fingerprint density at radius 3 is 2.50 bits per heavy atom. The number of nitrogens with zero attached hydrogens (tertiary/aromatic N) is 2. The van der Waals surface area contributed by atoms with Gasteiger partial charge >= 0.3 is 18.0 Å². The lowest BCUT2D eigenvalue weighted by molar-refractivity contribution is -0.386. The van der Waals surface area contributed by atoms with Crippen molar-refractivity contribution in [1.82, 2.24) is 4.98 Å². The molecule has 0 unspecified atom stereocenters. The van der Waals surface area contributed by atoms with Crippen molar-refractivity contribution in [2.45, 2.75) is 6.36 Å². The molecule has 0 aromatic carbocycles. The molecule has 0 saturated heterocycles. The number of nitro groups is 1. The van der Waals surface area contributed by atoms with Gasteiger partial charge in [-0.3, -0.25) is 10.1 Å². The topological polar surface area (TPSA) is 103 Å². The van der Waals surface area contributed by atoms with E-state index in [1.807, 2.05) is 0 Å². The van der Waals surface area contributed by atoms with Crippen LogP contribution in [0.4, 0.5) is 18.9 Å². The second-order valence-electron chi connectivity index (χ2n) is 2.76. The van der Waals surface area contributed by atoms with E-state index in [4.69, 9.17) is 5.11 Å². The smallest absolute Gasteiger partial charge is 0.476 e. The minimum atomic E-state index is -5.17. The van der Waals surface area contributed by atoms with Crippen LogP contribution in [0, 0.1) is 13.8 Å². The van der Waals surface area contributed by atoms with Crippen molar-refractivity contribution < 1.29 is 32.7 Å². The molecule has 0 amide bonds. The fraction of sp³-hybridized carbons (Fsp3) is 0.143. The van der Waals surface area contributed by atoms with Gasteiger partial charge in [0.05, 0.1) is 11.0 Å². The molecule has 7 nitrogen and oxygen atoms in total. The Labute approximate surface area is 110 Å². The van der Waals surface area contributed by atoms with Gasteiger partial charge in [0.15, 0.2) is 15.1 Å². The third-order valence-electron chi connectivity index (χ3n) is 1.55. The molecular weight excluding hydrogens is 376 g/mol. The molecule has 11 heteroatoms. The summed E-state index contributed by atoms with van der Waals surface area (Å²) in [6, 6.07) is 0.367. The number of carboxylic acid groups (broad SMARTS) is 1. The van der Waals surface area contributed by atoms with Crippen molar-refractivity contribution >= 4 is 34.2 Å². The van der Waals surface area contributed by atoms with Gasteiger partial charge in [0.2, 0.25) is 0 Å². The summed E-state index contributed by atoms with van der Waals surface area (Å²) in [5.74, 6) is -3.02. The summed E-state index contributed by atoms with van der Waals surface area (Å²) in [5.41, 5.74) is -1.83. The van der Waals surface area contributed by atoms with Crippen LogP contribution in [-0.4, -0.2) is 27.3 Å². The monoisotopic (exact) mass is 378 g/mol. The zero-order chi connectivity index (χ0) is 14.1. The Morgan fingerprint density at radius 2 is 2.11 bits per heavy atom. The number of halogens is 4. The Balaban J connectivity index is 3.40. The average molecular weight is 378 g/mol. The lowest BCUT2D eigenvalue weighted by Gasteiger charge is -2.10. The second-order valence-corrected chi connectivity index (χ2v) is 3.78. The van der Waals surface area contributed by atoms with E-state index in [2.05, 4.69) is 9.72 Å². The lowest BCUT2D eigenvalue weighted by atomic mass is 10.3. The maximum Gasteiger partial charge on any atom is 0.573 e. The molecule has 0 spiro atoms. The van der Waals surface area contributed by atoms with Crippen LogP contribution in [0.3, 0.4) is 0 Å². The first-order chi connectivity index (χ1) is 8.11. The number of hydrogen-bond acceptors (Lipinski definition) is 5. The van der Waals surface area contributed by atoms with Gasteiger partial charge in [0.1, 0.15) is 0 Å². The quantitative estimate of drug-likeness (QED) is 0.375. The maximum atomic E-state index is 12.0. The van der Waals surface area contributed by atoms with Gasteiger partial charge in [0, 0.05) is 0 Å². The van der Waals surface area contributed by atoms with E-state index >= 15 is 0 Å². The Hall–Kier alpha value is -1.66. The number of aromatic carboxylic acids is 1. The number of aromatic nitrogens is 1. The van der Waals surface area contributed by atoms with Crippen molar-refractivity contribution in [3.63, 3.8) is 0 Å². The highest BCUT2D eigenvalue weighted by Crippen LogP contribution is 2.31. The van der Waals surface area contributed by atoms with Crippen LogP contribution in [0.2, 0.25) is 0 Å². The standard InChI is InChI=1S/C7H2F3IN2O5/c8-7(9,10)18-3-1-2(13(16)17)5(11)12-4(3)6(14)15/h1H,(H,14,15). The number of carbonyl (C=O) groups is 1. The van der Waals surface area contributed by atoms with Crippen molar-refractivity contribution in [2.24, 2.45) is 0 Å². The van der Waals surface area contributed by atoms with Crippen LogP contribution in [0.25, 0.3) is 0 Å². The average Bonchev–Trinajstić information content (AvgIpc) is 2.17. The van der Waals surface area contributed by atoms with Gasteiger partial charge in [-0.2, -0.15) is 0 Å². The van der Waals surface area contributed by atoms with E-state index in [0.717, 1.165) is 0 Å². The summed E-state index contributed by atoms with van der Waals surface area (Å²) in [7, 11) is 0. The minimum absolute atomic E-state index is 0.357. The number of alkyl halides is 3. The third-order valence-corrected chi connectivity index (χ3v) is 2.34. The molecule has 1 rings (SSSR count). The summed E-state index contributed by atoms with van der Waals surface area (Å²) in [6.45, 7) is 0. The molecule has 1 aromatic rings. The van der Waals surface area contributed by atoms with E-state index in [0.29, 0.717) is 6.07 Å². The SMILES string of the molecule is O=C(O)c1nc(I)c([N+](=O)[O-])cc1OC(F)(F)F. The molecule has 0 aliphatic rings. The van der Waals surface area contributed by atoms with Crippen molar-refractivity contribution in [3.05, 3.63) is 25.6 Å². The summed E-state index contributed by atoms with van der Waals surface area (Å²) < 4.78 is 39.0. The van der Waals surface area contributed by atoms with Crippen LogP contribution >= 0.6 is 22.6 Å².